The van der Waals surface area contributed by atoms with Crippen LogP contribution in [0, 0.1) is 12.7 Å². The van der Waals surface area contributed by atoms with Crippen LogP contribution in [0.1, 0.15) is 20.8 Å². The third kappa shape index (κ3) is 3.84. The Morgan fingerprint density at radius 3 is 2.71 bits per heavy atom. The molecule has 28 heavy (non-hydrogen) atoms. The van der Waals surface area contributed by atoms with Crippen molar-refractivity contribution in [3.05, 3.63) is 89.1 Å². The molecule has 2 heterocycles. The Kier molecular flexibility index (Phi) is 4.99. The maximum Gasteiger partial charge on any atom is 0.257 e. The average molecular weight is 392 g/mol. The molecule has 2 aromatic heterocycles. The molecule has 1 amide bonds. The van der Waals surface area contributed by atoms with Gasteiger partial charge in [0.15, 0.2) is 5.13 Å². The van der Waals surface area contributed by atoms with Crippen LogP contribution in [0.15, 0.2) is 67.3 Å². The molecule has 2 aromatic carbocycles. The lowest BCUT2D eigenvalue weighted by atomic mass is 10.1. The zero-order valence-electron chi connectivity index (χ0n) is 15.1. The lowest BCUT2D eigenvalue weighted by Crippen LogP contribution is -2.15. The number of anilines is 1. The largest absolute Gasteiger partial charge is 0.333 e. The summed E-state index contributed by atoms with van der Waals surface area (Å²) in [6.07, 6.45) is 5.28. The summed E-state index contributed by atoms with van der Waals surface area (Å²) in [6.45, 7) is 2.49. The van der Waals surface area contributed by atoms with Crippen molar-refractivity contribution in [1.29, 1.82) is 0 Å². The summed E-state index contributed by atoms with van der Waals surface area (Å²) >= 11 is 1.40. The molecular weight excluding hydrogens is 375 g/mol. The molecule has 4 rings (SSSR count). The standard InChI is InChI=1S/C21H17FN4OS/c1-14-19(15-6-8-17(22)9-7-15)24-21(28-14)25-20(27)18-5-3-2-4-16(18)12-26-11-10-23-13-26/h2-11,13H,12H2,1H3,(H,24,25,27). The zero-order valence-corrected chi connectivity index (χ0v) is 15.9. The van der Waals surface area contributed by atoms with Crippen LogP contribution >= 0.6 is 11.3 Å². The predicted octanol–water partition coefficient (Wildman–Crippen LogP) is 4.75. The van der Waals surface area contributed by atoms with E-state index in [-0.39, 0.29) is 11.7 Å². The minimum atomic E-state index is -0.292. The fourth-order valence-corrected chi connectivity index (χ4v) is 3.78. The van der Waals surface area contributed by atoms with Crippen molar-refractivity contribution < 1.29 is 9.18 Å². The molecule has 0 unspecified atom stereocenters. The number of nitrogens with one attached hydrogen (secondary N) is 1. The second-order valence-corrected chi connectivity index (χ2v) is 7.48. The molecule has 140 valence electrons. The van der Waals surface area contributed by atoms with Crippen LogP contribution in [0.4, 0.5) is 9.52 Å². The van der Waals surface area contributed by atoms with Gasteiger partial charge in [-0.25, -0.2) is 14.4 Å². The summed E-state index contributed by atoms with van der Waals surface area (Å²) < 4.78 is 15.1. The van der Waals surface area contributed by atoms with E-state index in [0.29, 0.717) is 17.2 Å². The van der Waals surface area contributed by atoms with E-state index in [4.69, 9.17) is 0 Å². The molecule has 5 nitrogen and oxygen atoms in total. The van der Waals surface area contributed by atoms with Gasteiger partial charge in [0.05, 0.1) is 12.0 Å². The Labute approximate surface area is 165 Å². The normalized spacial score (nSPS) is 10.8. The lowest BCUT2D eigenvalue weighted by Gasteiger charge is -2.09. The van der Waals surface area contributed by atoms with E-state index in [9.17, 15) is 9.18 Å². The molecule has 0 atom stereocenters. The van der Waals surface area contributed by atoms with E-state index < -0.39 is 0 Å². The van der Waals surface area contributed by atoms with Gasteiger partial charge in [0.2, 0.25) is 0 Å². The van der Waals surface area contributed by atoms with Gasteiger partial charge >= 0.3 is 0 Å². The molecule has 0 fully saturated rings. The molecule has 4 aromatic rings. The van der Waals surface area contributed by atoms with Gasteiger partial charge in [-0.1, -0.05) is 18.2 Å². The highest BCUT2D eigenvalue weighted by molar-refractivity contribution is 7.16. The van der Waals surface area contributed by atoms with E-state index in [1.807, 2.05) is 35.9 Å². The van der Waals surface area contributed by atoms with Gasteiger partial charge in [-0.05, 0) is 42.8 Å². The molecule has 0 saturated carbocycles. The number of nitrogens with zero attached hydrogens (tertiary/aromatic N) is 3. The first-order valence-corrected chi connectivity index (χ1v) is 9.50. The second kappa shape index (κ2) is 7.74. The van der Waals surface area contributed by atoms with Crippen LogP contribution in [0.5, 0.6) is 0 Å². The van der Waals surface area contributed by atoms with Crippen LogP contribution in [0.25, 0.3) is 11.3 Å². The third-order valence-electron chi connectivity index (χ3n) is 4.31. The number of aromatic nitrogens is 3. The minimum Gasteiger partial charge on any atom is -0.333 e. The monoisotopic (exact) mass is 392 g/mol. The zero-order chi connectivity index (χ0) is 19.5. The van der Waals surface area contributed by atoms with E-state index >= 15 is 0 Å². The number of thiazole rings is 1. The fraction of sp³-hybridized carbons (Fsp3) is 0.0952. The molecular formula is C21H17FN4OS. The number of imidazole rings is 1. The number of hydrogen-bond donors (Lipinski definition) is 1. The first-order chi connectivity index (χ1) is 13.6. The van der Waals surface area contributed by atoms with Gasteiger partial charge in [0.1, 0.15) is 5.82 Å². The number of amides is 1. The molecule has 0 spiro atoms. The number of hydrogen-bond acceptors (Lipinski definition) is 4. The van der Waals surface area contributed by atoms with Crippen LogP contribution in [-0.4, -0.2) is 20.4 Å². The molecule has 0 saturated heterocycles. The topological polar surface area (TPSA) is 59.8 Å². The highest BCUT2D eigenvalue weighted by Crippen LogP contribution is 2.30. The number of rotatable bonds is 5. The van der Waals surface area contributed by atoms with Gasteiger partial charge in [-0.3, -0.25) is 10.1 Å². The highest BCUT2D eigenvalue weighted by Gasteiger charge is 2.15. The molecule has 0 aliphatic rings. The first kappa shape index (κ1) is 18.1. The molecule has 1 N–H and O–H groups in total. The van der Waals surface area contributed by atoms with Gasteiger partial charge in [0, 0.05) is 34.9 Å². The van der Waals surface area contributed by atoms with Gasteiger partial charge in [-0.2, -0.15) is 0 Å². The Morgan fingerprint density at radius 2 is 1.96 bits per heavy atom. The first-order valence-electron chi connectivity index (χ1n) is 8.68. The van der Waals surface area contributed by atoms with Crippen molar-refractivity contribution in [1.82, 2.24) is 14.5 Å². The van der Waals surface area contributed by atoms with E-state index in [2.05, 4.69) is 15.3 Å². The maximum absolute atomic E-state index is 13.2. The highest BCUT2D eigenvalue weighted by atomic mass is 32.1. The Morgan fingerprint density at radius 1 is 1.18 bits per heavy atom. The van der Waals surface area contributed by atoms with Crippen LogP contribution in [0.2, 0.25) is 0 Å². The number of carbonyl (C=O) groups is 1. The second-order valence-electron chi connectivity index (χ2n) is 6.28. The van der Waals surface area contributed by atoms with Crippen molar-refractivity contribution in [3.8, 4) is 11.3 Å². The summed E-state index contributed by atoms with van der Waals surface area (Å²) in [7, 11) is 0. The number of halogens is 1. The quantitative estimate of drug-likeness (QED) is 0.533. The minimum absolute atomic E-state index is 0.213. The van der Waals surface area contributed by atoms with Crippen molar-refractivity contribution in [2.75, 3.05) is 5.32 Å². The number of carbonyl (C=O) groups excluding carboxylic acids is 1. The van der Waals surface area contributed by atoms with Crippen molar-refractivity contribution in [2.45, 2.75) is 13.5 Å². The summed E-state index contributed by atoms with van der Waals surface area (Å²) in [5.41, 5.74) is 3.04. The maximum atomic E-state index is 13.2. The smallest absolute Gasteiger partial charge is 0.257 e. The average Bonchev–Trinajstić information content (AvgIpc) is 3.32. The predicted molar refractivity (Wildman–Crippen MR) is 108 cm³/mol. The van der Waals surface area contributed by atoms with Crippen molar-refractivity contribution in [2.24, 2.45) is 0 Å². The van der Waals surface area contributed by atoms with Gasteiger partial charge in [0.25, 0.3) is 5.91 Å². The summed E-state index contributed by atoms with van der Waals surface area (Å²) in [5, 5.41) is 3.40. The van der Waals surface area contributed by atoms with Crippen LogP contribution in [-0.2, 0) is 6.54 Å². The summed E-state index contributed by atoms with van der Waals surface area (Å²) in [6, 6.07) is 13.6. The van der Waals surface area contributed by atoms with E-state index in [1.165, 1.54) is 23.5 Å². The Balaban J connectivity index is 1.56. The summed E-state index contributed by atoms with van der Waals surface area (Å²) in [4.78, 5) is 22.4. The lowest BCUT2D eigenvalue weighted by molar-refractivity contribution is 0.102. The van der Waals surface area contributed by atoms with E-state index in [0.717, 1.165) is 21.7 Å². The molecule has 0 radical (unpaired) electrons. The van der Waals surface area contributed by atoms with Crippen molar-refractivity contribution in [3.63, 3.8) is 0 Å². The third-order valence-corrected chi connectivity index (χ3v) is 5.20. The van der Waals surface area contributed by atoms with Crippen molar-refractivity contribution >= 4 is 22.4 Å². The Bertz CT molecular complexity index is 1100. The van der Waals surface area contributed by atoms with E-state index in [1.54, 1.807) is 30.7 Å². The molecule has 0 aliphatic heterocycles. The van der Waals surface area contributed by atoms with Gasteiger partial charge < -0.3 is 4.57 Å². The van der Waals surface area contributed by atoms with Crippen LogP contribution in [0.3, 0.4) is 0 Å². The van der Waals surface area contributed by atoms with Gasteiger partial charge in [-0.15, -0.1) is 11.3 Å². The summed E-state index contributed by atoms with van der Waals surface area (Å²) in [5.74, 6) is -0.505. The SMILES string of the molecule is Cc1sc(NC(=O)c2ccccc2Cn2ccnc2)nc1-c1ccc(F)cc1. The number of aryl methyl sites for hydroxylation is 1. The molecule has 7 heteroatoms. The number of benzene rings is 2. The van der Waals surface area contributed by atoms with Crippen LogP contribution < -0.4 is 5.32 Å². The Hall–Kier alpha value is -3.32. The fourth-order valence-electron chi connectivity index (χ4n) is 2.95. The molecule has 0 aliphatic carbocycles. The molecule has 0 bridgehead atoms.